The van der Waals surface area contributed by atoms with Gasteiger partial charge in [0.05, 0.1) is 4.90 Å². The van der Waals surface area contributed by atoms with Gasteiger partial charge in [-0.15, -0.1) is 0 Å². The first-order valence-corrected chi connectivity index (χ1v) is 9.12. The van der Waals surface area contributed by atoms with Crippen molar-refractivity contribution in [1.82, 2.24) is 9.71 Å². The number of aromatic nitrogens is 1. The molecule has 25 heavy (non-hydrogen) atoms. The summed E-state index contributed by atoms with van der Waals surface area (Å²) in [4.78, 5) is 19.2. The summed E-state index contributed by atoms with van der Waals surface area (Å²) in [5.74, 6) is -0.411. The zero-order valence-corrected chi connectivity index (χ0v) is 14.5. The van der Waals surface area contributed by atoms with Gasteiger partial charge in [-0.1, -0.05) is 0 Å². The van der Waals surface area contributed by atoms with Crippen LogP contribution in [0.1, 0.15) is 25.1 Å². The van der Waals surface area contributed by atoms with Crippen LogP contribution in [0.2, 0.25) is 0 Å². The van der Waals surface area contributed by atoms with E-state index in [-0.39, 0.29) is 22.5 Å². The van der Waals surface area contributed by atoms with Crippen LogP contribution in [-0.2, 0) is 19.6 Å². The summed E-state index contributed by atoms with van der Waals surface area (Å²) in [6.45, 7) is 3.49. The number of esters is 1. The van der Waals surface area contributed by atoms with Gasteiger partial charge in [0.2, 0.25) is 15.9 Å². The van der Waals surface area contributed by atoms with E-state index in [1.165, 1.54) is 12.1 Å². The average Bonchev–Trinajstić information content (AvgIpc) is 3.17. The fraction of sp³-hybridized carbons (Fsp3) is 0.176. The van der Waals surface area contributed by atoms with Crippen molar-refractivity contribution in [1.29, 1.82) is 0 Å². The molecule has 0 atom stereocenters. The zero-order chi connectivity index (χ0) is 18.0. The molecule has 2 N–H and O–H groups in total. The van der Waals surface area contributed by atoms with Gasteiger partial charge in [0.15, 0.2) is 5.70 Å². The van der Waals surface area contributed by atoms with Gasteiger partial charge in [0.1, 0.15) is 0 Å². The van der Waals surface area contributed by atoms with Crippen molar-refractivity contribution in [3.8, 4) is 0 Å². The molecule has 1 aromatic heterocycles. The minimum atomic E-state index is -3.57. The summed E-state index contributed by atoms with van der Waals surface area (Å²) >= 11 is 0. The number of nitrogens with zero attached hydrogens (tertiary/aromatic N) is 1. The molecule has 0 saturated carbocycles. The van der Waals surface area contributed by atoms with E-state index in [9.17, 15) is 13.2 Å². The van der Waals surface area contributed by atoms with E-state index in [4.69, 9.17) is 4.74 Å². The number of carbonyl (C=O) groups excluding carboxylic acids is 1. The van der Waals surface area contributed by atoms with Gasteiger partial charge in [-0.2, -0.15) is 0 Å². The maximum atomic E-state index is 12.1. The Labute approximate surface area is 145 Å². The quantitative estimate of drug-likeness (QED) is 0.630. The van der Waals surface area contributed by atoms with Crippen LogP contribution in [0.25, 0.3) is 6.08 Å². The number of sulfonamides is 1. The molecule has 0 bridgehead atoms. The van der Waals surface area contributed by atoms with Crippen LogP contribution < -0.4 is 4.72 Å². The minimum Gasteiger partial charge on any atom is -0.402 e. The molecule has 2 heterocycles. The van der Waals surface area contributed by atoms with Gasteiger partial charge < -0.3 is 9.72 Å². The maximum Gasteiger partial charge on any atom is 0.363 e. The normalized spacial score (nSPS) is 16.4. The number of ether oxygens (including phenoxy) is 1. The van der Waals surface area contributed by atoms with Crippen LogP contribution in [0.15, 0.2) is 58.2 Å². The second-order valence-electron chi connectivity index (χ2n) is 5.76. The molecule has 130 valence electrons. The Morgan fingerprint density at radius 3 is 2.52 bits per heavy atom. The smallest absolute Gasteiger partial charge is 0.363 e. The molecule has 3 rings (SSSR count). The molecule has 0 fully saturated rings. The van der Waals surface area contributed by atoms with Crippen molar-refractivity contribution < 1.29 is 17.9 Å². The van der Waals surface area contributed by atoms with Gasteiger partial charge in [0.25, 0.3) is 0 Å². The topological polar surface area (TPSA) is 101 Å². The molecule has 1 aliphatic rings. The Bertz CT molecular complexity index is 940. The Morgan fingerprint density at radius 2 is 1.92 bits per heavy atom. The van der Waals surface area contributed by atoms with Crippen molar-refractivity contribution >= 4 is 28.0 Å². The Kier molecular flexibility index (Phi) is 4.56. The molecule has 0 spiro atoms. The lowest BCUT2D eigenvalue weighted by molar-refractivity contribution is -0.129. The molecule has 8 heteroatoms. The first kappa shape index (κ1) is 17.1. The number of rotatable bonds is 5. The fourth-order valence-electron chi connectivity index (χ4n) is 2.27. The van der Waals surface area contributed by atoms with Crippen LogP contribution in [0.4, 0.5) is 0 Å². The van der Waals surface area contributed by atoms with E-state index in [0.717, 1.165) is 5.69 Å². The number of carbonyl (C=O) groups is 1. The summed E-state index contributed by atoms with van der Waals surface area (Å²) in [6.07, 6.45) is 3.32. The van der Waals surface area contributed by atoms with Gasteiger partial charge in [0, 0.05) is 23.5 Å². The number of cyclic esters (lactones) is 1. The molecule has 0 aliphatic carbocycles. The summed E-state index contributed by atoms with van der Waals surface area (Å²) in [6, 6.07) is 9.41. The number of hydrogen-bond acceptors (Lipinski definition) is 5. The molecule has 0 saturated heterocycles. The molecular formula is C17H17N3O4S. The number of hydrogen-bond donors (Lipinski definition) is 2. The predicted molar refractivity (Wildman–Crippen MR) is 93.3 cm³/mol. The molecule has 0 radical (unpaired) electrons. The fourth-order valence-corrected chi connectivity index (χ4v) is 3.52. The van der Waals surface area contributed by atoms with Crippen molar-refractivity contribution in [3.05, 3.63) is 59.5 Å². The second-order valence-corrected chi connectivity index (χ2v) is 7.48. The van der Waals surface area contributed by atoms with Crippen LogP contribution in [-0.4, -0.2) is 31.3 Å². The predicted octanol–water partition coefficient (Wildman–Crippen LogP) is 2.05. The van der Waals surface area contributed by atoms with E-state index >= 15 is 0 Å². The SMILES string of the molecule is CC(C)NS(=O)(=O)c1ccc(C2=N/C(=C\c3ccc[nH]3)C(=O)O2)cc1. The monoisotopic (exact) mass is 359 g/mol. The Morgan fingerprint density at radius 1 is 1.20 bits per heavy atom. The third-order valence-electron chi connectivity index (χ3n) is 3.34. The second kappa shape index (κ2) is 6.66. The van der Waals surface area contributed by atoms with E-state index in [2.05, 4.69) is 14.7 Å². The van der Waals surface area contributed by atoms with E-state index in [1.807, 2.05) is 6.07 Å². The highest BCUT2D eigenvalue weighted by Crippen LogP contribution is 2.20. The lowest BCUT2D eigenvalue weighted by atomic mass is 10.2. The molecule has 0 unspecified atom stereocenters. The van der Waals surface area contributed by atoms with E-state index in [0.29, 0.717) is 5.56 Å². The maximum absolute atomic E-state index is 12.1. The highest BCUT2D eigenvalue weighted by atomic mass is 32.2. The summed E-state index contributed by atoms with van der Waals surface area (Å²) in [5, 5.41) is 0. The number of nitrogens with one attached hydrogen (secondary N) is 2. The average molecular weight is 359 g/mol. The number of aromatic amines is 1. The van der Waals surface area contributed by atoms with Crippen LogP contribution in [0, 0.1) is 0 Å². The molecule has 1 aromatic carbocycles. The van der Waals surface area contributed by atoms with Crippen molar-refractivity contribution in [2.75, 3.05) is 0 Å². The van der Waals surface area contributed by atoms with Gasteiger partial charge in [-0.3, -0.25) is 0 Å². The Balaban J connectivity index is 1.85. The summed E-state index contributed by atoms with van der Waals surface area (Å²) in [7, 11) is -3.57. The number of H-pyrrole nitrogens is 1. The lowest BCUT2D eigenvalue weighted by Gasteiger charge is -2.09. The van der Waals surface area contributed by atoms with Crippen molar-refractivity contribution in [3.63, 3.8) is 0 Å². The standard InChI is InChI=1S/C17H17N3O4S/c1-11(2)20-25(22,23)14-7-5-12(6-8-14)16-19-15(17(21)24-16)10-13-4-3-9-18-13/h3-11,18,20H,1-2H3/b15-10-. The number of aliphatic imine (C=N–C) groups is 1. The lowest BCUT2D eigenvalue weighted by Crippen LogP contribution is -2.30. The van der Waals surface area contributed by atoms with Crippen LogP contribution in [0.3, 0.4) is 0 Å². The Hall–Kier alpha value is -2.71. The molecule has 7 nitrogen and oxygen atoms in total. The van der Waals surface area contributed by atoms with Gasteiger partial charge in [-0.05, 0) is 56.3 Å². The highest BCUT2D eigenvalue weighted by molar-refractivity contribution is 7.89. The summed E-state index contributed by atoms with van der Waals surface area (Å²) in [5.41, 5.74) is 1.43. The van der Waals surface area contributed by atoms with Gasteiger partial charge in [-0.25, -0.2) is 22.9 Å². The largest absolute Gasteiger partial charge is 0.402 e. The molecular weight excluding hydrogens is 342 g/mol. The molecule has 0 amide bonds. The minimum absolute atomic E-state index is 0.136. The van der Waals surface area contributed by atoms with Crippen LogP contribution in [0.5, 0.6) is 0 Å². The van der Waals surface area contributed by atoms with E-state index in [1.54, 1.807) is 44.3 Å². The molecule has 1 aliphatic heterocycles. The van der Waals surface area contributed by atoms with Crippen molar-refractivity contribution in [2.45, 2.75) is 24.8 Å². The van der Waals surface area contributed by atoms with Crippen molar-refractivity contribution in [2.24, 2.45) is 4.99 Å². The number of benzene rings is 1. The first-order chi connectivity index (χ1) is 11.8. The van der Waals surface area contributed by atoms with E-state index < -0.39 is 16.0 Å². The third-order valence-corrected chi connectivity index (χ3v) is 5.01. The zero-order valence-electron chi connectivity index (χ0n) is 13.7. The van der Waals surface area contributed by atoms with Gasteiger partial charge >= 0.3 is 5.97 Å². The third kappa shape index (κ3) is 3.86. The highest BCUT2D eigenvalue weighted by Gasteiger charge is 2.25. The van der Waals surface area contributed by atoms with Crippen LogP contribution >= 0.6 is 0 Å². The summed E-state index contributed by atoms with van der Waals surface area (Å²) < 4.78 is 31.9. The molecule has 2 aromatic rings. The first-order valence-electron chi connectivity index (χ1n) is 7.64.